The number of nitrogens with one attached hydrogen (secondary N) is 2. The van der Waals surface area contributed by atoms with E-state index in [-0.39, 0.29) is 23.9 Å². The topological polar surface area (TPSA) is 111 Å². The molecule has 4 aromatic rings. The van der Waals surface area contributed by atoms with Crippen molar-refractivity contribution in [3.63, 3.8) is 0 Å². The molecule has 0 unspecified atom stereocenters. The highest BCUT2D eigenvalue weighted by atomic mass is 32.1. The first-order valence-corrected chi connectivity index (χ1v) is 11.2. The van der Waals surface area contributed by atoms with E-state index >= 15 is 0 Å². The molecule has 0 radical (unpaired) electrons. The molecule has 2 aromatic heterocycles. The van der Waals surface area contributed by atoms with Crippen LogP contribution in [0.1, 0.15) is 41.7 Å². The third-order valence-corrected chi connectivity index (χ3v) is 5.88. The van der Waals surface area contributed by atoms with Crippen LogP contribution in [0.2, 0.25) is 0 Å². The van der Waals surface area contributed by atoms with Crippen LogP contribution in [0.3, 0.4) is 0 Å². The number of carbonyl (C=O) groups excluding carboxylic acids is 3. The number of amides is 2. The minimum atomic E-state index is -0.555. The highest BCUT2D eigenvalue weighted by Crippen LogP contribution is 2.25. The number of esters is 1. The second-order valence-electron chi connectivity index (χ2n) is 7.35. The maximum atomic E-state index is 13.0. The van der Waals surface area contributed by atoms with Crippen LogP contribution in [0, 0.1) is 6.92 Å². The van der Waals surface area contributed by atoms with E-state index < -0.39 is 5.97 Å². The quantitative estimate of drug-likeness (QED) is 0.376. The molecule has 0 bridgehead atoms. The molecule has 0 fully saturated rings. The first-order chi connectivity index (χ1) is 16.5. The van der Waals surface area contributed by atoms with Gasteiger partial charge in [0.05, 0.1) is 17.6 Å². The number of aromatic nitrogens is 1. The molecule has 8 nitrogen and oxygen atoms in total. The fourth-order valence-corrected chi connectivity index (χ4v) is 4.02. The molecule has 2 N–H and O–H groups in total. The van der Waals surface area contributed by atoms with Gasteiger partial charge in [0.2, 0.25) is 0 Å². The summed E-state index contributed by atoms with van der Waals surface area (Å²) >= 11 is 1.31. The van der Waals surface area contributed by atoms with Gasteiger partial charge in [-0.05, 0) is 42.1 Å². The zero-order chi connectivity index (χ0) is 24.1. The van der Waals surface area contributed by atoms with Gasteiger partial charge in [0.15, 0.2) is 0 Å². The molecule has 2 heterocycles. The number of benzene rings is 2. The molecule has 0 aliphatic carbocycles. The molecule has 172 valence electrons. The Hall–Kier alpha value is -4.24. The average molecular weight is 476 g/mol. The molecule has 0 atom stereocenters. The molecule has 9 heteroatoms. The van der Waals surface area contributed by atoms with E-state index in [0.717, 1.165) is 5.56 Å². The van der Waals surface area contributed by atoms with Crippen LogP contribution in [-0.2, 0) is 11.3 Å². The van der Waals surface area contributed by atoms with Gasteiger partial charge in [-0.25, -0.2) is 4.79 Å². The lowest BCUT2D eigenvalue weighted by Crippen LogP contribution is -2.24. The molecule has 0 aliphatic rings. The van der Waals surface area contributed by atoms with Gasteiger partial charge < -0.3 is 19.9 Å². The Labute approximate surface area is 199 Å². The summed E-state index contributed by atoms with van der Waals surface area (Å²) in [6.45, 7) is 1.77. The molecule has 0 saturated heterocycles. The Morgan fingerprint density at radius 2 is 1.82 bits per heavy atom. The number of thiophene rings is 1. The Balaban J connectivity index is 1.56. The molecule has 2 amide bonds. The van der Waals surface area contributed by atoms with Gasteiger partial charge in [-0.1, -0.05) is 41.6 Å². The predicted molar refractivity (Wildman–Crippen MR) is 128 cm³/mol. The van der Waals surface area contributed by atoms with Crippen LogP contribution in [0.25, 0.3) is 11.3 Å². The van der Waals surface area contributed by atoms with Crippen LogP contribution < -0.4 is 10.6 Å². The SMILES string of the molecule is COC(=O)c1cc(CNC(=O)c2c(-c3ccccc3)noc2C)cc(NC(=O)c2cccs2)c1. The van der Waals surface area contributed by atoms with Gasteiger partial charge >= 0.3 is 5.97 Å². The summed E-state index contributed by atoms with van der Waals surface area (Å²) < 4.78 is 10.1. The largest absolute Gasteiger partial charge is 0.465 e. The average Bonchev–Trinajstić information content (AvgIpc) is 3.53. The molecule has 2 aromatic carbocycles. The van der Waals surface area contributed by atoms with E-state index in [2.05, 4.69) is 15.8 Å². The van der Waals surface area contributed by atoms with E-state index in [1.807, 2.05) is 30.3 Å². The van der Waals surface area contributed by atoms with Crippen LogP contribution in [-0.4, -0.2) is 30.1 Å². The van der Waals surface area contributed by atoms with Gasteiger partial charge in [0.1, 0.15) is 17.0 Å². The zero-order valence-electron chi connectivity index (χ0n) is 18.5. The summed E-state index contributed by atoms with van der Waals surface area (Å²) in [5.74, 6) is -0.825. The first kappa shape index (κ1) is 22.9. The minimum absolute atomic E-state index is 0.102. The van der Waals surface area contributed by atoms with Crippen molar-refractivity contribution in [2.45, 2.75) is 13.5 Å². The maximum Gasteiger partial charge on any atom is 0.337 e. The molecule has 34 heavy (non-hydrogen) atoms. The minimum Gasteiger partial charge on any atom is -0.465 e. The number of rotatable bonds is 7. The van der Waals surface area contributed by atoms with E-state index in [0.29, 0.717) is 33.1 Å². The van der Waals surface area contributed by atoms with Crippen molar-refractivity contribution in [2.75, 3.05) is 12.4 Å². The maximum absolute atomic E-state index is 13.0. The van der Waals surface area contributed by atoms with Crippen molar-refractivity contribution in [3.05, 3.63) is 93.4 Å². The van der Waals surface area contributed by atoms with Crippen LogP contribution >= 0.6 is 11.3 Å². The van der Waals surface area contributed by atoms with E-state index in [1.54, 1.807) is 36.6 Å². The normalized spacial score (nSPS) is 10.5. The Kier molecular flexibility index (Phi) is 6.84. The summed E-state index contributed by atoms with van der Waals surface area (Å²) in [6, 6.07) is 17.6. The summed E-state index contributed by atoms with van der Waals surface area (Å²) in [4.78, 5) is 38.2. The number of hydrogen-bond acceptors (Lipinski definition) is 7. The molecule has 4 rings (SSSR count). The number of aryl methyl sites for hydroxylation is 1. The van der Waals surface area contributed by atoms with E-state index in [9.17, 15) is 14.4 Å². The lowest BCUT2D eigenvalue weighted by molar-refractivity contribution is 0.0600. The number of hydrogen-bond donors (Lipinski definition) is 2. The second-order valence-corrected chi connectivity index (χ2v) is 8.30. The lowest BCUT2D eigenvalue weighted by Gasteiger charge is -2.11. The van der Waals surface area contributed by atoms with Crippen molar-refractivity contribution < 1.29 is 23.6 Å². The van der Waals surface area contributed by atoms with Crippen molar-refractivity contribution in [3.8, 4) is 11.3 Å². The number of methoxy groups -OCH3 is 1. The third kappa shape index (κ3) is 5.05. The van der Waals surface area contributed by atoms with E-state index in [4.69, 9.17) is 9.26 Å². The molecular weight excluding hydrogens is 454 g/mol. The molecule has 0 spiro atoms. The summed E-state index contributed by atoms with van der Waals surface area (Å²) in [7, 11) is 1.28. The molecule has 0 aliphatic heterocycles. The Bertz CT molecular complexity index is 1330. The van der Waals surface area contributed by atoms with Crippen molar-refractivity contribution in [1.29, 1.82) is 0 Å². The van der Waals surface area contributed by atoms with Crippen LogP contribution in [0.15, 0.2) is 70.6 Å². The van der Waals surface area contributed by atoms with E-state index in [1.165, 1.54) is 24.5 Å². The lowest BCUT2D eigenvalue weighted by atomic mass is 10.1. The standard InChI is InChI=1S/C25H21N3O5S/c1-15-21(22(28-33-15)17-7-4-3-5-8-17)24(30)26-14-16-11-18(25(31)32-2)13-19(12-16)27-23(29)20-9-6-10-34-20/h3-13H,14H2,1-2H3,(H,26,30)(H,27,29). The summed E-state index contributed by atoms with van der Waals surface area (Å²) in [6.07, 6.45) is 0. The monoisotopic (exact) mass is 475 g/mol. The van der Waals surface area contributed by atoms with Gasteiger partial charge in [0.25, 0.3) is 11.8 Å². The van der Waals surface area contributed by atoms with Crippen molar-refractivity contribution in [1.82, 2.24) is 10.5 Å². The first-order valence-electron chi connectivity index (χ1n) is 10.3. The highest BCUT2D eigenvalue weighted by Gasteiger charge is 2.21. The fourth-order valence-electron chi connectivity index (χ4n) is 3.41. The molecular formula is C25H21N3O5S. The number of ether oxygens (including phenoxy) is 1. The van der Waals surface area contributed by atoms with Gasteiger partial charge in [-0.15, -0.1) is 11.3 Å². The van der Waals surface area contributed by atoms with Crippen LogP contribution in [0.4, 0.5) is 5.69 Å². The highest BCUT2D eigenvalue weighted by molar-refractivity contribution is 7.12. The van der Waals surface area contributed by atoms with Gasteiger partial charge in [0, 0.05) is 17.8 Å². The summed E-state index contributed by atoms with van der Waals surface area (Å²) in [5, 5.41) is 11.5. The smallest absolute Gasteiger partial charge is 0.337 e. The number of nitrogens with zero attached hydrogens (tertiary/aromatic N) is 1. The third-order valence-electron chi connectivity index (χ3n) is 5.01. The number of carbonyl (C=O) groups is 3. The Morgan fingerprint density at radius 3 is 2.53 bits per heavy atom. The second kappa shape index (κ2) is 10.1. The molecule has 0 saturated carbocycles. The predicted octanol–water partition coefficient (Wildman–Crippen LogP) is 4.68. The van der Waals surface area contributed by atoms with Crippen molar-refractivity contribution >= 4 is 34.8 Å². The summed E-state index contributed by atoms with van der Waals surface area (Å²) in [5.41, 5.74) is 2.81. The Morgan fingerprint density at radius 1 is 1.03 bits per heavy atom. The van der Waals surface area contributed by atoms with Crippen LogP contribution in [0.5, 0.6) is 0 Å². The van der Waals surface area contributed by atoms with Crippen molar-refractivity contribution in [2.24, 2.45) is 0 Å². The number of anilines is 1. The zero-order valence-corrected chi connectivity index (χ0v) is 19.3. The van der Waals surface area contributed by atoms with Gasteiger partial charge in [-0.3, -0.25) is 9.59 Å². The fraction of sp³-hybridized carbons (Fsp3) is 0.120. The van der Waals surface area contributed by atoms with Gasteiger partial charge in [-0.2, -0.15) is 0 Å².